The minimum absolute atomic E-state index is 1.08. The molecule has 2 nitrogen and oxygen atoms in total. The first kappa shape index (κ1) is 13.9. The second-order valence-corrected chi connectivity index (χ2v) is 7.03. The largest absolute Gasteiger partial charge is 0.350 e. The Kier molecular flexibility index (Phi) is 2.57. The summed E-state index contributed by atoms with van der Waals surface area (Å²) in [7, 11) is 2.11. The summed E-state index contributed by atoms with van der Waals surface area (Å²) >= 11 is 0. The molecule has 6 aromatic rings. The van der Waals surface area contributed by atoms with Crippen LogP contribution in [0.4, 0.5) is 0 Å². The minimum Gasteiger partial charge on any atom is -0.350 e. The third-order valence-electron chi connectivity index (χ3n) is 5.52. The molecule has 2 heterocycles. The fraction of sp³-hybridized carbons (Fsp3) is 0.0417. The smallest absolute Gasteiger partial charge is 0.0802 e. The van der Waals surface area contributed by atoms with Gasteiger partial charge in [-0.3, -0.25) is 4.98 Å². The third kappa shape index (κ3) is 1.73. The van der Waals surface area contributed by atoms with Gasteiger partial charge in [-0.2, -0.15) is 0 Å². The summed E-state index contributed by atoms with van der Waals surface area (Å²) in [6, 6.07) is 24.2. The van der Waals surface area contributed by atoms with Crippen LogP contribution in [0.2, 0.25) is 0 Å². The van der Waals surface area contributed by atoms with Crippen molar-refractivity contribution in [2.24, 2.45) is 7.05 Å². The van der Waals surface area contributed by atoms with Gasteiger partial charge < -0.3 is 4.57 Å². The molecule has 0 radical (unpaired) electrons. The maximum absolute atomic E-state index is 4.69. The predicted molar refractivity (Wildman–Crippen MR) is 111 cm³/mol. The summed E-state index contributed by atoms with van der Waals surface area (Å²) in [4.78, 5) is 4.69. The lowest BCUT2D eigenvalue weighted by molar-refractivity contribution is 0.973. The summed E-state index contributed by atoms with van der Waals surface area (Å²) in [6.07, 6.45) is 4.01. The number of hydrogen-bond acceptors (Lipinski definition) is 1. The summed E-state index contributed by atoms with van der Waals surface area (Å²) in [6.45, 7) is 0. The molecule has 2 heteroatoms. The maximum atomic E-state index is 4.69. The number of nitrogens with zero attached hydrogens (tertiary/aromatic N) is 2. The SMILES string of the molecule is Cn1ccc2c3ncccc3c3cc4cc5ccccc5cc4cc3c21. The number of rotatable bonds is 0. The zero-order chi connectivity index (χ0) is 17.3. The van der Waals surface area contributed by atoms with E-state index in [1.807, 2.05) is 12.3 Å². The van der Waals surface area contributed by atoms with Crippen LogP contribution in [0, 0.1) is 0 Å². The Hall–Kier alpha value is -3.39. The molecule has 0 bridgehead atoms. The Morgan fingerprint density at radius 1 is 0.654 bits per heavy atom. The highest BCUT2D eigenvalue weighted by molar-refractivity contribution is 6.25. The molecule has 0 unspecified atom stereocenters. The molecule has 6 rings (SSSR count). The van der Waals surface area contributed by atoms with Crippen LogP contribution >= 0.6 is 0 Å². The van der Waals surface area contributed by atoms with Crippen LogP contribution in [0.1, 0.15) is 0 Å². The molecule has 0 aliphatic heterocycles. The molecule has 4 aromatic carbocycles. The number of aryl methyl sites for hydroxylation is 1. The van der Waals surface area contributed by atoms with Gasteiger partial charge in [0.1, 0.15) is 0 Å². The van der Waals surface area contributed by atoms with Crippen molar-refractivity contribution >= 4 is 54.1 Å². The van der Waals surface area contributed by atoms with E-state index >= 15 is 0 Å². The zero-order valence-electron chi connectivity index (χ0n) is 14.4. The molecule has 26 heavy (non-hydrogen) atoms. The van der Waals surface area contributed by atoms with E-state index in [1.165, 1.54) is 48.6 Å². The number of benzene rings is 4. The normalized spacial score (nSPS) is 12.0. The molecular weight excluding hydrogens is 316 g/mol. The Labute approximate surface area is 150 Å². The average Bonchev–Trinajstić information content (AvgIpc) is 3.07. The van der Waals surface area contributed by atoms with Crippen molar-refractivity contribution in [3.8, 4) is 0 Å². The van der Waals surface area contributed by atoms with Gasteiger partial charge in [-0.1, -0.05) is 30.3 Å². The van der Waals surface area contributed by atoms with Gasteiger partial charge in [-0.15, -0.1) is 0 Å². The van der Waals surface area contributed by atoms with Crippen molar-refractivity contribution in [3.05, 3.63) is 79.1 Å². The molecule has 122 valence electrons. The van der Waals surface area contributed by atoms with Crippen LogP contribution in [-0.4, -0.2) is 9.55 Å². The highest BCUT2D eigenvalue weighted by Crippen LogP contribution is 2.37. The van der Waals surface area contributed by atoms with Crippen molar-refractivity contribution in [2.45, 2.75) is 0 Å². The zero-order valence-corrected chi connectivity index (χ0v) is 14.4. The maximum Gasteiger partial charge on any atom is 0.0802 e. The summed E-state index contributed by atoms with van der Waals surface area (Å²) in [5, 5.41) is 10.1. The fourth-order valence-electron chi connectivity index (χ4n) is 4.30. The molecule has 2 aromatic heterocycles. The fourth-order valence-corrected chi connectivity index (χ4v) is 4.30. The van der Waals surface area contributed by atoms with Gasteiger partial charge in [-0.25, -0.2) is 0 Å². The van der Waals surface area contributed by atoms with Crippen molar-refractivity contribution < 1.29 is 0 Å². The topological polar surface area (TPSA) is 17.8 Å². The lowest BCUT2D eigenvalue weighted by Gasteiger charge is -2.11. The predicted octanol–water partition coefficient (Wildman–Crippen LogP) is 6.19. The highest BCUT2D eigenvalue weighted by atomic mass is 14.9. The van der Waals surface area contributed by atoms with Gasteiger partial charge in [-0.05, 0) is 63.3 Å². The molecular formula is C24H16N2. The van der Waals surface area contributed by atoms with E-state index in [2.05, 4.69) is 83.5 Å². The van der Waals surface area contributed by atoms with Crippen LogP contribution in [0.5, 0.6) is 0 Å². The molecule has 0 amide bonds. The van der Waals surface area contributed by atoms with E-state index in [4.69, 9.17) is 0 Å². The average molecular weight is 332 g/mol. The summed E-state index contributed by atoms with van der Waals surface area (Å²) < 4.78 is 2.21. The standard InChI is InChI=1S/C24H16N2/c1-26-10-8-20-23-19(7-4-9-25-23)21-13-17-11-15-5-2-3-6-16(15)12-18(17)14-22(21)24(20)26/h2-14H,1H3. The van der Waals surface area contributed by atoms with E-state index in [0.717, 1.165) is 5.52 Å². The molecule has 0 aliphatic carbocycles. The number of aromatic nitrogens is 2. The quantitative estimate of drug-likeness (QED) is 0.240. The Morgan fingerprint density at radius 2 is 1.38 bits per heavy atom. The molecule has 0 N–H and O–H groups in total. The van der Waals surface area contributed by atoms with Gasteiger partial charge in [0.25, 0.3) is 0 Å². The van der Waals surface area contributed by atoms with E-state index in [9.17, 15) is 0 Å². The monoisotopic (exact) mass is 332 g/mol. The van der Waals surface area contributed by atoms with Gasteiger partial charge in [0.2, 0.25) is 0 Å². The van der Waals surface area contributed by atoms with Crippen LogP contribution < -0.4 is 0 Å². The lowest BCUT2D eigenvalue weighted by Crippen LogP contribution is -1.89. The summed E-state index contributed by atoms with van der Waals surface area (Å²) in [5.41, 5.74) is 2.33. The van der Waals surface area contributed by atoms with Crippen molar-refractivity contribution in [2.75, 3.05) is 0 Å². The molecule has 0 fully saturated rings. The van der Waals surface area contributed by atoms with Crippen LogP contribution in [0.3, 0.4) is 0 Å². The van der Waals surface area contributed by atoms with Gasteiger partial charge in [0.15, 0.2) is 0 Å². The Balaban J connectivity index is 1.92. The van der Waals surface area contributed by atoms with Crippen LogP contribution in [0.25, 0.3) is 54.1 Å². The number of hydrogen-bond donors (Lipinski definition) is 0. The minimum atomic E-state index is 1.08. The molecule has 0 saturated carbocycles. The molecule has 0 aliphatic rings. The van der Waals surface area contributed by atoms with Crippen molar-refractivity contribution in [3.63, 3.8) is 0 Å². The molecule has 0 atom stereocenters. The first-order chi connectivity index (χ1) is 12.8. The molecule has 0 spiro atoms. The van der Waals surface area contributed by atoms with E-state index in [1.54, 1.807) is 0 Å². The van der Waals surface area contributed by atoms with E-state index in [0.29, 0.717) is 0 Å². The van der Waals surface area contributed by atoms with E-state index < -0.39 is 0 Å². The third-order valence-corrected chi connectivity index (χ3v) is 5.52. The molecule has 0 saturated heterocycles. The highest BCUT2D eigenvalue weighted by Gasteiger charge is 2.13. The van der Waals surface area contributed by atoms with Gasteiger partial charge in [0, 0.05) is 35.6 Å². The van der Waals surface area contributed by atoms with E-state index in [-0.39, 0.29) is 0 Å². The second kappa shape index (κ2) is 4.83. The Morgan fingerprint density at radius 3 is 2.15 bits per heavy atom. The van der Waals surface area contributed by atoms with Crippen molar-refractivity contribution in [1.29, 1.82) is 0 Å². The van der Waals surface area contributed by atoms with Gasteiger partial charge in [0.05, 0.1) is 11.0 Å². The number of pyridine rings is 1. The summed E-state index contributed by atoms with van der Waals surface area (Å²) in [5.74, 6) is 0. The second-order valence-electron chi connectivity index (χ2n) is 7.03. The number of fused-ring (bicyclic) bond motifs is 8. The first-order valence-corrected chi connectivity index (χ1v) is 8.87. The van der Waals surface area contributed by atoms with Crippen LogP contribution in [-0.2, 0) is 7.05 Å². The van der Waals surface area contributed by atoms with Crippen LogP contribution in [0.15, 0.2) is 79.1 Å². The lowest BCUT2D eigenvalue weighted by atomic mass is 9.96. The first-order valence-electron chi connectivity index (χ1n) is 8.87. The Bertz CT molecular complexity index is 1490. The van der Waals surface area contributed by atoms with Crippen molar-refractivity contribution in [1.82, 2.24) is 9.55 Å². The van der Waals surface area contributed by atoms with Gasteiger partial charge >= 0.3 is 0 Å².